The summed E-state index contributed by atoms with van der Waals surface area (Å²) < 4.78 is 11.2. The Morgan fingerprint density at radius 3 is 1.79 bits per heavy atom. The molecule has 0 fully saturated rings. The van der Waals surface area contributed by atoms with E-state index in [2.05, 4.69) is 15.1 Å². The lowest BCUT2D eigenvalue weighted by Crippen LogP contribution is -2.22. The molecule has 0 amide bonds. The standard InChI is InChI=1S/C13H8Cl6N3O4PS/c14-5-3-7(16)12(21-10(5)18)25-27(28,20-2-1-9(23)24)26-13-8(17)4-6(15)11(19)22-13/h3-4H,1-2H2,(H,20,28)(H,23,24). The van der Waals surface area contributed by atoms with E-state index in [-0.39, 0.29) is 55.1 Å². The third-order valence-electron chi connectivity index (χ3n) is 2.77. The van der Waals surface area contributed by atoms with Crippen LogP contribution in [0.15, 0.2) is 12.1 Å². The number of aliphatic carboxylic acids is 1. The summed E-state index contributed by atoms with van der Waals surface area (Å²) in [5.74, 6) is -1.43. The number of aromatic nitrogens is 2. The Balaban J connectivity index is 2.37. The van der Waals surface area contributed by atoms with Crippen LogP contribution in [0.2, 0.25) is 30.4 Å². The number of hydrogen-bond acceptors (Lipinski definition) is 6. The van der Waals surface area contributed by atoms with Gasteiger partial charge in [0.15, 0.2) is 10.3 Å². The minimum Gasteiger partial charge on any atom is -0.481 e. The summed E-state index contributed by atoms with van der Waals surface area (Å²) in [6, 6.07) is 2.60. The zero-order chi connectivity index (χ0) is 21.1. The van der Waals surface area contributed by atoms with Crippen LogP contribution in [-0.4, -0.2) is 27.6 Å². The molecule has 2 aromatic rings. The number of rotatable bonds is 8. The van der Waals surface area contributed by atoms with Crippen molar-refractivity contribution in [2.24, 2.45) is 0 Å². The van der Waals surface area contributed by atoms with Crippen molar-refractivity contribution in [1.29, 1.82) is 0 Å². The molecule has 0 aliphatic rings. The smallest absolute Gasteiger partial charge is 0.367 e. The number of hydrogen-bond donors (Lipinski definition) is 2. The molecule has 0 saturated heterocycles. The number of nitrogens with one attached hydrogen (secondary N) is 1. The summed E-state index contributed by atoms with van der Waals surface area (Å²) in [7, 11) is 0. The van der Waals surface area contributed by atoms with Gasteiger partial charge in [-0.1, -0.05) is 69.6 Å². The first-order chi connectivity index (χ1) is 13.0. The maximum absolute atomic E-state index is 10.8. The highest BCUT2D eigenvalue weighted by Gasteiger charge is 2.27. The van der Waals surface area contributed by atoms with Gasteiger partial charge >= 0.3 is 12.6 Å². The first kappa shape index (κ1) is 24.0. The molecule has 0 spiro atoms. The average molecular weight is 546 g/mol. The number of pyridine rings is 2. The lowest BCUT2D eigenvalue weighted by Gasteiger charge is -2.24. The van der Waals surface area contributed by atoms with Crippen molar-refractivity contribution in [1.82, 2.24) is 15.1 Å². The van der Waals surface area contributed by atoms with Crippen molar-refractivity contribution in [2.45, 2.75) is 6.42 Å². The largest absolute Gasteiger partial charge is 0.481 e. The minimum absolute atomic E-state index is 0.000421. The quantitative estimate of drug-likeness (QED) is 0.302. The average Bonchev–Trinajstić information content (AvgIpc) is 2.57. The van der Waals surface area contributed by atoms with E-state index in [1.165, 1.54) is 12.1 Å². The second kappa shape index (κ2) is 10.2. The second-order valence-corrected chi connectivity index (χ2v) is 10.3. The summed E-state index contributed by atoms with van der Waals surface area (Å²) in [4.78, 5) is 18.6. The molecule has 7 nitrogen and oxygen atoms in total. The molecule has 2 rings (SSSR count). The van der Waals surface area contributed by atoms with Crippen molar-refractivity contribution in [2.75, 3.05) is 6.54 Å². The Morgan fingerprint density at radius 2 is 1.39 bits per heavy atom. The normalized spacial score (nSPS) is 11.4. The summed E-state index contributed by atoms with van der Waals surface area (Å²) in [6.45, 7) is -3.61. The van der Waals surface area contributed by atoms with Crippen LogP contribution in [0.25, 0.3) is 0 Å². The fraction of sp³-hybridized carbons (Fsp3) is 0.154. The van der Waals surface area contributed by atoms with Gasteiger partial charge in [-0.3, -0.25) is 4.79 Å². The molecule has 0 saturated carbocycles. The first-order valence-corrected chi connectivity index (χ1v) is 11.9. The molecule has 2 heterocycles. The molecule has 28 heavy (non-hydrogen) atoms. The molecule has 0 aliphatic heterocycles. The van der Waals surface area contributed by atoms with Gasteiger partial charge in [0.05, 0.1) is 16.5 Å². The molecule has 0 aliphatic carbocycles. The molecule has 0 unspecified atom stereocenters. The Labute approximate surface area is 194 Å². The van der Waals surface area contributed by atoms with E-state index in [1.807, 2.05) is 0 Å². The van der Waals surface area contributed by atoms with Crippen LogP contribution >= 0.6 is 76.2 Å². The SMILES string of the molecule is O=C(O)CCNP(=S)(Oc1nc(Cl)c(Cl)cc1Cl)Oc1nc(Cl)c(Cl)cc1Cl. The van der Waals surface area contributed by atoms with Gasteiger partial charge in [0.2, 0.25) is 11.8 Å². The van der Waals surface area contributed by atoms with Crippen LogP contribution < -0.4 is 14.1 Å². The van der Waals surface area contributed by atoms with Crippen molar-refractivity contribution >= 4 is 94.0 Å². The van der Waals surface area contributed by atoms with E-state index in [1.54, 1.807) is 0 Å². The van der Waals surface area contributed by atoms with E-state index in [9.17, 15) is 4.79 Å². The molecule has 0 aromatic carbocycles. The molecule has 152 valence electrons. The Bertz CT molecular complexity index is 903. The van der Waals surface area contributed by atoms with Crippen molar-refractivity contribution in [3.8, 4) is 11.8 Å². The number of carbonyl (C=O) groups is 1. The van der Waals surface area contributed by atoms with Crippen molar-refractivity contribution in [3.63, 3.8) is 0 Å². The predicted octanol–water partition coefficient (Wildman–Crippen LogP) is 6.14. The Morgan fingerprint density at radius 1 is 0.964 bits per heavy atom. The second-order valence-electron chi connectivity index (χ2n) is 4.83. The van der Waals surface area contributed by atoms with Crippen LogP contribution in [0.1, 0.15) is 6.42 Å². The highest BCUT2D eigenvalue weighted by Crippen LogP contribution is 2.48. The van der Waals surface area contributed by atoms with Crippen molar-refractivity contribution < 1.29 is 18.9 Å². The molecule has 0 atom stereocenters. The number of carboxylic acids is 1. The fourth-order valence-electron chi connectivity index (χ4n) is 1.60. The maximum Gasteiger partial charge on any atom is 0.367 e. The summed E-state index contributed by atoms with van der Waals surface area (Å²) in [5, 5.41) is 11.6. The molecular formula is C13H8Cl6N3O4PS. The van der Waals surface area contributed by atoms with Crippen LogP contribution in [0.5, 0.6) is 11.8 Å². The summed E-state index contributed by atoms with van der Waals surface area (Å²) >= 11 is 40.9. The highest BCUT2D eigenvalue weighted by atomic mass is 35.5. The molecular weight excluding hydrogens is 538 g/mol. The van der Waals surface area contributed by atoms with E-state index >= 15 is 0 Å². The van der Waals surface area contributed by atoms with Gasteiger partial charge < -0.3 is 14.2 Å². The van der Waals surface area contributed by atoms with Gasteiger partial charge in [0.1, 0.15) is 10.0 Å². The Hall–Kier alpha value is -0.280. The van der Waals surface area contributed by atoms with Gasteiger partial charge in [-0.05, 0) is 12.1 Å². The highest BCUT2D eigenvalue weighted by molar-refractivity contribution is 8.09. The van der Waals surface area contributed by atoms with E-state index < -0.39 is 12.6 Å². The molecule has 2 aromatic heterocycles. The zero-order valence-electron chi connectivity index (χ0n) is 13.3. The van der Waals surface area contributed by atoms with Gasteiger partial charge in [-0.15, -0.1) is 0 Å². The van der Waals surface area contributed by atoms with Crippen LogP contribution in [-0.2, 0) is 16.6 Å². The predicted molar refractivity (Wildman–Crippen MR) is 114 cm³/mol. The number of nitrogens with zero attached hydrogens (tertiary/aromatic N) is 2. The monoisotopic (exact) mass is 543 g/mol. The minimum atomic E-state index is -3.52. The molecule has 0 radical (unpaired) electrons. The molecule has 2 N–H and O–H groups in total. The summed E-state index contributed by atoms with van der Waals surface area (Å²) in [5.41, 5.74) is 0. The van der Waals surface area contributed by atoms with Gasteiger partial charge in [-0.25, -0.2) is 5.09 Å². The Kier molecular flexibility index (Phi) is 8.70. The number of carboxylic acid groups (broad SMARTS) is 1. The van der Waals surface area contributed by atoms with Crippen molar-refractivity contribution in [3.05, 3.63) is 42.5 Å². The lowest BCUT2D eigenvalue weighted by molar-refractivity contribution is -0.136. The van der Waals surface area contributed by atoms with E-state index in [0.29, 0.717) is 0 Å². The van der Waals surface area contributed by atoms with Gasteiger partial charge in [0, 0.05) is 18.4 Å². The van der Waals surface area contributed by atoms with Gasteiger partial charge in [0.25, 0.3) is 0 Å². The number of halogens is 6. The van der Waals surface area contributed by atoms with Gasteiger partial charge in [-0.2, -0.15) is 9.97 Å². The molecule has 15 heteroatoms. The molecule has 0 bridgehead atoms. The summed E-state index contributed by atoms with van der Waals surface area (Å²) in [6.07, 6.45) is -0.268. The fourth-order valence-corrected chi connectivity index (χ4v) is 4.74. The van der Waals surface area contributed by atoms with E-state index in [4.69, 9.17) is 95.6 Å². The third kappa shape index (κ3) is 6.62. The maximum atomic E-state index is 10.8. The van der Waals surface area contributed by atoms with Crippen LogP contribution in [0.3, 0.4) is 0 Å². The van der Waals surface area contributed by atoms with Crippen LogP contribution in [0, 0.1) is 0 Å². The lowest BCUT2D eigenvalue weighted by atomic mass is 10.5. The first-order valence-electron chi connectivity index (χ1n) is 7.00. The van der Waals surface area contributed by atoms with Crippen LogP contribution in [0.4, 0.5) is 0 Å². The third-order valence-corrected chi connectivity index (χ3v) is 6.93. The topological polar surface area (TPSA) is 93.6 Å². The zero-order valence-corrected chi connectivity index (χ0v) is 19.5. The van der Waals surface area contributed by atoms with E-state index in [0.717, 1.165) is 0 Å².